The van der Waals surface area contributed by atoms with Gasteiger partial charge in [-0.05, 0) is 54.3 Å². The number of fused-ring (bicyclic) bond motifs is 1. The molecule has 1 aliphatic heterocycles. The Hall–Kier alpha value is -3.19. The number of anilines is 1. The molecule has 1 aliphatic rings. The molecule has 2 aromatic carbocycles. The number of ether oxygens (including phenoxy) is 2. The summed E-state index contributed by atoms with van der Waals surface area (Å²) in [5.74, 6) is 0.559. The smallest absolute Gasteiger partial charge is 0.280 e. The molecule has 0 bridgehead atoms. The summed E-state index contributed by atoms with van der Waals surface area (Å²) < 4.78 is 26.0. The third kappa shape index (κ3) is 3.81. The van der Waals surface area contributed by atoms with E-state index in [1.807, 2.05) is 24.3 Å². The first kappa shape index (κ1) is 21.1. The number of hydrogen-bond donors (Lipinski definition) is 0. The molecule has 0 saturated heterocycles. The maximum absolute atomic E-state index is 13.7. The average molecular weight is 423 g/mol. The van der Waals surface area contributed by atoms with Crippen LogP contribution in [0, 0.1) is 11.7 Å². The second-order valence-electron chi connectivity index (χ2n) is 8.05. The Labute approximate surface area is 181 Å². The zero-order chi connectivity index (χ0) is 22.1. The largest absolute Gasteiger partial charge is 0.497 e. The molecule has 1 amide bonds. The van der Waals surface area contributed by atoms with Crippen molar-refractivity contribution in [2.75, 3.05) is 19.1 Å². The molecule has 0 spiro atoms. The standard InChI is InChI=1S/C24H26FN3O3/c1-15(2)13-20-21-22(26-27(20)14-30-3)24(29)28(18-9-11-19(31-4)12-10-18)23(21)16-5-7-17(25)8-6-16/h5-12,15,23H,13-14H2,1-4H3. The number of amides is 1. The lowest BCUT2D eigenvalue weighted by atomic mass is 9.95. The van der Waals surface area contributed by atoms with E-state index >= 15 is 0 Å². The van der Waals surface area contributed by atoms with Gasteiger partial charge >= 0.3 is 0 Å². The third-order valence-corrected chi connectivity index (χ3v) is 5.44. The van der Waals surface area contributed by atoms with Crippen LogP contribution in [0.15, 0.2) is 48.5 Å². The number of nitrogens with zero attached hydrogens (tertiary/aromatic N) is 3. The Morgan fingerprint density at radius 2 is 1.74 bits per heavy atom. The lowest BCUT2D eigenvalue weighted by Crippen LogP contribution is -2.30. The fraction of sp³-hybridized carbons (Fsp3) is 0.333. The monoisotopic (exact) mass is 423 g/mol. The van der Waals surface area contributed by atoms with Crippen molar-refractivity contribution >= 4 is 11.6 Å². The second kappa shape index (κ2) is 8.51. The summed E-state index contributed by atoms with van der Waals surface area (Å²) >= 11 is 0. The summed E-state index contributed by atoms with van der Waals surface area (Å²) in [5.41, 5.74) is 3.79. The molecule has 0 saturated carbocycles. The van der Waals surface area contributed by atoms with Crippen molar-refractivity contribution < 1.29 is 18.7 Å². The van der Waals surface area contributed by atoms with Gasteiger partial charge < -0.3 is 9.47 Å². The number of benzene rings is 2. The van der Waals surface area contributed by atoms with Gasteiger partial charge in [0.25, 0.3) is 5.91 Å². The van der Waals surface area contributed by atoms with Gasteiger partial charge in [-0.3, -0.25) is 9.69 Å². The maximum atomic E-state index is 13.7. The van der Waals surface area contributed by atoms with Crippen molar-refractivity contribution in [2.45, 2.75) is 33.0 Å². The van der Waals surface area contributed by atoms with E-state index in [-0.39, 0.29) is 18.5 Å². The minimum absolute atomic E-state index is 0.186. The molecule has 1 aromatic heterocycles. The van der Waals surface area contributed by atoms with Crippen molar-refractivity contribution in [3.8, 4) is 5.75 Å². The SMILES string of the molecule is COCn1nc2c(c1CC(C)C)C(c1ccc(F)cc1)N(c1ccc(OC)cc1)C2=O. The molecule has 0 N–H and O–H groups in total. The van der Waals surface area contributed by atoms with Crippen LogP contribution in [0.3, 0.4) is 0 Å². The fourth-order valence-corrected chi connectivity index (χ4v) is 4.12. The molecular weight excluding hydrogens is 397 g/mol. The fourth-order valence-electron chi connectivity index (χ4n) is 4.12. The Morgan fingerprint density at radius 3 is 2.32 bits per heavy atom. The minimum atomic E-state index is -0.407. The first-order chi connectivity index (χ1) is 14.9. The van der Waals surface area contributed by atoms with Gasteiger partial charge in [-0.2, -0.15) is 5.10 Å². The van der Waals surface area contributed by atoms with E-state index in [9.17, 15) is 9.18 Å². The van der Waals surface area contributed by atoms with E-state index in [2.05, 4.69) is 18.9 Å². The predicted molar refractivity (Wildman–Crippen MR) is 116 cm³/mol. The van der Waals surface area contributed by atoms with E-state index in [1.54, 1.807) is 35.9 Å². The molecular formula is C24H26FN3O3. The number of halogens is 1. The third-order valence-electron chi connectivity index (χ3n) is 5.44. The Bertz CT molecular complexity index is 1070. The zero-order valence-electron chi connectivity index (χ0n) is 18.1. The molecule has 31 heavy (non-hydrogen) atoms. The number of carbonyl (C=O) groups excluding carboxylic acids is 1. The zero-order valence-corrected chi connectivity index (χ0v) is 18.1. The van der Waals surface area contributed by atoms with Crippen molar-refractivity contribution in [3.63, 3.8) is 0 Å². The second-order valence-corrected chi connectivity index (χ2v) is 8.05. The molecule has 7 heteroatoms. The van der Waals surface area contributed by atoms with E-state index in [0.29, 0.717) is 17.4 Å². The van der Waals surface area contributed by atoms with Crippen LogP contribution in [0.2, 0.25) is 0 Å². The van der Waals surface area contributed by atoms with Crippen LogP contribution in [0.1, 0.15) is 47.2 Å². The summed E-state index contributed by atoms with van der Waals surface area (Å²) in [7, 11) is 3.21. The molecule has 3 aromatic rings. The quantitative estimate of drug-likeness (QED) is 0.558. The topological polar surface area (TPSA) is 56.6 Å². The number of carbonyl (C=O) groups is 1. The highest BCUT2D eigenvalue weighted by molar-refractivity contribution is 6.10. The summed E-state index contributed by atoms with van der Waals surface area (Å²) in [6.45, 7) is 4.52. The normalized spacial score (nSPS) is 15.6. The van der Waals surface area contributed by atoms with Crippen LogP contribution in [-0.2, 0) is 17.9 Å². The Kier molecular flexibility index (Phi) is 5.78. The van der Waals surface area contributed by atoms with Gasteiger partial charge in [-0.25, -0.2) is 9.07 Å². The summed E-state index contributed by atoms with van der Waals surface area (Å²) in [6, 6.07) is 13.2. The van der Waals surface area contributed by atoms with Crippen LogP contribution in [0.4, 0.5) is 10.1 Å². The van der Waals surface area contributed by atoms with E-state index in [0.717, 1.165) is 28.9 Å². The highest BCUT2D eigenvalue weighted by atomic mass is 19.1. The Balaban J connectivity index is 1.90. The molecule has 1 atom stereocenters. The van der Waals surface area contributed by atoms with Crippen LogP contribution >= 0.6 is 0 Å². The molecule has 6 nitrogen and oxygen atoms in total. The highest BCUT2D eigenvalue weighted by Gasteiger charge is 2.44. The molecule has 0 fully saturated rings. The molecule has 4 rings (SSSR count). The Morgan fingerprint density at radius 1 is 1.06 bits per heavy atom. The molecule has 1 unspecified atom stereocenters. The van der Waals surface area contributed by atoms with E-state index < -0.39 is 6.04 Å². The number of methoxy groups -OCH3 is 2. The highest BCUT2D eigenvalue weighted by Crippen LogP contribution is 2.44. The average Bonchev–Trinajstić information content (AvgIpc) is 3.24. The van der Waals surface area contributed by atoms with Crippen molar-refractivity contribution in [3.05, 3.63) is 76.9 Å². The van der Waals surface area contributed by atoms with Gasteiger partial charge in [0, 0.05) is 24.1 Å². The summed E-state index contributed by atoms with van der Waals surface area (Å²) in [5, 5.41) is 4.62. The summed E-state index contributed by atoms with van der Waals surface area (Å²) in [4.78, 5) is 15.3. The molecule has 2 heterocycles. The van der Waals surface area contributed by atoms with Crippen molar-refractivity contribution in [1.29, 1.82) is 0 Å². The lowest BCUT2D eigenvalue weighted by Gasteiger charge is -2.27. The van der Waals surface area contributed by atoms with Crippen LogP contribution in [0.5, 0.6) is 5.75 Å². The van der Waals surface area contributed by atoms with Crippen molar-refractivity contribution in [2.24, 2.45) is 5.92 Å². The van der Waals surface area contributed by atoms with Gasteiger partial charge in [0.05, 0.1) is 13.2 Å². The van der Waals surface area contributed by atoms with Gasteiger partial charge in [-0.1, -0.05) is 26.0 Å². The minimum Gasteiger partial charge on any atom is -0.497 e. The number of hydrogen-bond acceptors (Lipinski definition) is 4. The molecule has 0 radical (unpaired) electrons. The van der Waals surface area contributed by atoms with Gasteiger partial charge in [0.15, 0.2) is 5.69 Å². The number of rotatable bonds is 7. The van der Waals surface area contributed by atoms with Crippen LogP contribution in [-0.4, -0.2) is 29.9 Å². The van der Waals surface area contributed by atoms with Gasteiger partial charge in [0.2, 0.25) is 0 Å². The molecule has 0 aliphatic carbocycles. The van der Waals surface area contributed by atoms with E-state index in [1.165, 1.54) is 12.1 Å². The summed E-state index contributed by atoms with van der Waals surface area (Å²) in [6.07, 6.45) is 0.743. The van der Waals surface area contributed by atoms with Crippen molar-refractivity contribution in [1.82, 2.24) is 9.78 Å². The van der Waals surface area contributed by atoms with E-state index in [4.69, 9.17) is 9.47 Å². The van der Waals surface area contributed by atoms with Gasteiger partial charge in [-0.15, -0.1) is 0 Å². The van der Waals surface area contributed by atoms with Crippen LogP contribution < -0.4 is 9.64 Å². The lowest BCUT2D eigenvalue weighted by molar-refractivity contribution is 0.0976. The van der Waals surface area contributed by atoms with Gasteiger partial charge in [0.1, 0.15) is 18.3 Å². The predicted octanol–water partition coefficient (Wildman–Crippen LogP) is 4.58. The number of aromatic nitrogens is 2. The first-order valence-corrected chi connectivity index (χ1v) is 10.3. The first-order valence-electron chi connectivity index (χ1n) is 10.3. The molecule has 162 valence electrons. The maximum Gasteiger partial charge on any atom is 0.280 e. The van der Waals surface area contributed by atoms with Crippen LogP contribution in [0.25, 0.3) is 0 Å².